The molecule has 0 saturated heterocycles. The van der Waals surface area contributed by atoms with Crippen LogP contribution < -0.4 is 5.32 Å². The lowest BCUT2D eigenvalue weighted by Crippen LogP contribution is -2.05. The van der Waals surface area contributed by atoms with Crippen LogP contribution in [0.15, 0.2) is 41.6 Å². The summed E-state index contributed by atoms with van der Waals surface area (Å²) in [6.07, 6.45) is 1.23. The van der Waals surface area contributed by atoms with Gasteiger partial charge in [0.25, 0.3) is 0 Å². The summed E-state index contributed by atoms with van der Waals surface area (Å²) < 4.78 is 38.3. The van der Waals surface area contributed by atoms with Crippen molar-refractivity contribution in [3.63, 3.8) is 0 Å². The van der Waals surface area contributed by atoms with Gasteiger partial charge in [0.15, 0.2) is 9.84 Å². The molecule has 0 aliphatic carbocycles. The minimum Gasteiger partial charge on any atom is -0.507 e. The fourth-order valence-corrected chi connectivity index (χ4v) is 3.44. The number of fused-ring (bicyclic) bond motifs is 1. The van der Waals surface area contributed by atoms with Gasteiger partial charge in [-0.1, -0.05) is 18.5 Å². The predicted molar refractivity (Wildman–Crippen MR) is 93.6 cm³/mol. The predicted octanol–water partition coefficient (Wildman–Crippen LogP) is 3.67. The zero-order chi connectivity index (χ0) is 18.2. The van der Waals surface area contributed by atoms with Crippen LogP contribution in [0.25, 0.3) is 10.9 Å². The molecule has 0 spiro atoms. The number of hydrogen-bond donors (Lipinski definition) is 2. The van der Waals surface area contributed by atoms with Crippen LogP contribution >= 0.6 is 11.6 Å². The Morgan fingerprint density at radius 1 is 1.24 bits per heavy atom. The zero-order valence-corrected chi connectivity index (χ0v) is 14.6. The number of aromatic hydroxyl groups is 1. The maximum absolute atomic E-state index is 14.0. The topological polar surface area (TPSA) is 92.2 Å². The lowest BCUT2D eigenvalue weighted by Gasteiger charge is -2.11. The van der Waals surface area contributed by atoms with E-state index in [1.54, 1.807) is 0 Å². The van der Waals surface area contributed by atoms with Gasteiger partial charge in [-0.3, -0.25) is 0 Å². The molecule has 2 N–H and O–H groups in total. The van der Waals surface area contributed by atoms with Gasteiger partial charge in [0.2, 0.25) is 0 Å². The molecule has 6 nitrogen and oxygen atoms in total. The van der Waals surface area contributed by atoms with Crippen LogP contribution in [0.4, 0.5) is 15.9 Å². The van der Waals surface area contributed by atoms with Gasteiger partial charge in [-0.05, 0) is 24.3 Å². The highest BCUT2D eigenvalue weighted by Crippen LogP contribution is 2.32. The number of phenols is 1. The number of nitrogens with one attached hydrogen (secondary N) is 1. The number of nitrogens with zero attached hydrogens (tertiary/aromatic N) is 2. The van der Waals surface area contributed by atoms with Crippen LogP contribution in [-0.4, -0.2) is 29.2 Å². The molecule has 3 aromatic rings. The van der Waals surface area contributed by atoms with Crippen molar-refractivity contribution in [1.29, 1.82) is 0 Å². The second-order valence-electron chi connectivity index (χ2n) is 5.21. The summed E-state index contributed by atoms with van der Waals surface area (Å²) in [6, 6.07) is 6.61. The summed E-state index contributed by atoms with van der Waals surface area (Å²) in [4.78, 5) is 7.83. The molecule has 0 unspecified atom stereocenters. The highest BCUT2D eigenvalue weighted by Gasteiger charge is 2.19. The minimum absolute atomic E-state index is 0.123. The molecule has 0 bridgehead atoms. The number of benzene rings is 2. The Morgan fingerprint density at radius 3 is 2.68 bits per heavy atom. The third kappa shape index (κ3) is 3.35. The molecule has 0 aliphatic rings. The van der Waals surface area contributed by atoms with Crippen molar-refractivity contribution in [2.45, 2.75) is 11.8 Å². The van der Waals surface area contributed by atoms with E-state index in [1.165, 1.54) is 37.5 Å². The average molecular weight is 382 g/mol. The third-order valence-corrected chi connectivity index (χ3v) is 5.61. The highest BCUT2D eigenvalue weighted by molar-refractivity contribution is 7.91. The van der Waals surface area contributed by atoms with Crippen LogP contribution in [0.3, 0.4) is 0 Å². The summed E-state index contributed by atoms with van der Waals surface area (Å²) in [7, 11) is -3.65. The second-order valence-corrected chi connectivity index (χ2v) is 7.90. The number of aromatic nitrogens is 2. The van der Waals surface area contributed by atoms with E-state index in [0.717, 1.165) is 6.07 Å². The molecule has 1 heterocycles. The molecule has 130 valence electrons. The van der Waals surface area contributed by atoms with Crippen molar-refractivity contribution in [2.24, 2.45) is 0 Å². The molecule has 2 aromatic carbocycles. The Labute approximate surface area is 148 Å². The number of sulfone groups is 1. The molecule has 1 aromatic heterocycles. The molecule has 3 rings (SSSR count). The summed E-state index contributed by atoms with van der Waals surface area (Å²) >= 11 is 5.73. The molecule has 0 fully saturated rings. The van der Waals surface area contributed by atoms with E-state index in [4.69, 9.17) is 11.6 Å². The van der Waals surface area contributed by atoms with Gasteiger partial charge in [0.1, 0.15) is 28.6 Å². The van der Waals surface area contributed by atoms with Crippen molar-refractivity contribution >= 4 is 43.8 Å². The second kappa shape index (κ2) is 6.45. The number of halogens is 2. The fraction of sp³-hybridized carbons (Fsp3) is 0.125. The van der Waals surface area contributed by atoms with Crippen molar-refractivity contribution in [1.82, 2.24) is 9.97 Å². The average Bonchev–Trinajstić information content (AvgIpc) is 2.56. The maximum Gasteiger partial charge on any atom is 0.181 e. The van der Waals surface area contributed by atoms with E-state index >= 15 is 0 Å². The van der Waals surface area contributed by atoms with E-state index in [9.17, 15) is 17.9 Å². The van der Waals surface area contributed by atoms with E-state index in [0.29, 0.717) is 10.9 Å². The van der Waals surface area contributed by atoms with Gasteiger partial charge in [-0.2, -0.15) is 0 Å². The molecular formula is C16H13ClFN3O3S. The van der Waals surface area contributed by atoms with Crippen molar-refractivity contribution in [3.05, 3.63) is 47.5 Å². The van der Waals surface area contributed by atoms with Gasteiger partial charge in [0, 0.05) is 16.5 Å². The molecule has 0 aliphatic heterocycles. The van der Waals surface area contributed by atoms with Crippen molar-refractivity contribution < 1.29 is 17.9 Å². The number of anilines is 2. The number of phenolic OH excluding ortho intramolecular Hbond substituents is 1. The molecule has 0 amide bonds. The first-order valence-corrected chi connectivity index (χ1v) is 9.27. The van der Waals surface area contributed by atoms with Crippen LogP contribution in [0.1, 0.15) is 6.92 Å². The standard InChI is InChI=1S/C16H13ClFN3O3S/c1-2-25(23,24)15-6-10-13(7-14(15)22)19-8-20-16(10)21-12-4-3-9(17)5-11(12)18/h3-8,22H,2H2,1H3,(H,19,20,21). The van der Waals surface area contributed by atoms with Gasteiger partial charge in [0.05, 0.1) is 17.0 Å². The largest absolute Gasteiger partial charge is 0.507 e. The van der Waals surface area contributed by atoms with Gasteiger partial charge < -0.3 is 10.4 Å². The first-order chi connectivity index (χ1) is 11.8. The summed E-state index contributed by atoms with van der Waals surface area (Å²) in [5.41, 5.74) is 0.441. The molecular weight excluding hydrogens is 369 g/mol. The van der Waals surface area contributed by atoms with Gasteiger partial charge in [-0.15, -0.1) is 0 Å². The smallest absolute Gasteiger partial charge is 0.181 e. The Bertz CT molecular complexity index is 1070. The van der Waals surface area contributed by atoms with Gasteiger partial charge >= 0.3 is 0 Å². The van der Waals surface area contributed by atoms with E-state index in [1.807, 2.05) is 0 Å². The van der Waals surface area contributed by atoms with Crippen molar-refractivity contribution in [3.8, 4) is 5.75 Å². The van der Waals surface area contributed by atoms with Crippen LogP contribution in [-0.2, 0) is 9.84 Å². The SMILES string of the molecule is CCS(=O)(=O)c1cc2c(Nc3ccc(Cl)cc3F)ncnc2cc1O. The molecule has 0 saturated carbocycles. The maximum atomic E-state index is 14.0. The minimum atomic E-state index is -3.65. The quantitative estimate of drug-likeness (QED) is 0.716. The Hall–Kier alpha value is -2.45. The fourth-order valence-electron chi connectivity index (χ4n) is 2.29. The van der Waals surface area contributed by atoms with E-state index in [2.05, 4.69) is 15.3 Å². The lowest BCUT2D eigenvalue weighted by molar-refractivity contribution is 0.460. The Kier molecular flexibility index (Phi) is 4.49. The first-order valence-electron chi connectivity index (χ1n) is 7.24. The Morgan fingerprint density at radius 2 is 2.00 bits per heavy atom. The van der Waals surface area contributed by atoms with Gasteiger partial charge in [-0.25, -0.2) is 22.8 Å². The number of hydrogen-bond acceptors (Lipinski definition) is 6. The molecule has 25 heavy (non-hydrogen) atoms. The summed E-state index contributed by atoms with van der Waals surface area (Å²) in [6.45, 7) is 1.47. The summed E-state index contributed by atoms with van der Waals surface area (Å²) in [5, 5.41) is 13.4. The zero-order valence-electron chi connectivity index (χ0n) is 13.0. The van der Waals surface area contributed by atoms with Crippen LogP contribution in [0, 0.1) is 5.82 Å². The molecule has 0 atom stereocenters. The molecule has 0 radical (unpaired) electrons. The third-order valence-electron chi connectivity index (χ3n) is 3.62. The Balaban J connectivity index is 2.17. The van der Waals surface area contributed by atoms with E-state index in [-0.39, 0.29) is 27.2 Å². The normalized spacial score (nSPS) is 11.6. The van der Waals surface area contributed by atoms with Crippen LogP contribution in [0.2, 0.25) is 5.02 Å². The molecule has 9 heteroatoms. The first kappa shape index (κ1) is 17.4. The lowest BCUT2D eigenvalue weighted by atomic mass is 10.2. The number of rotatable bonds is 4. The van der Waals surface area contributed by atoms with Crippen molar-refractivity contribution in [2.75, 3.05) is 11.1 Å². The van der Waals surface area contributed by atoms with E-state index < -0.39 is 21.4 Å². The summed E-state index contributed by atoms with van der Waals surface area (Å²) in [5.74, 6) is -0.941. The monoisotopic (exact) mass is 381 g/mol. The van der Waals surface area contributed by atoms with Crippen LogP contribution in [0.5, 0.6) is 5.75 Å². The highest BCUT2D eigenvalue weighted by atomic mass is 35.5.